The molecule has 2 heterocycles. The van der Waals surface area contributed by atoms with Crippen LogP contribution < -0.4 is 4.74 Å². The summed E-state index contributed by atoms with van der Waals surface area (Å²) in [5.74, 6) is -0.766. The number of carbonyl (C=O) groups is 1. The van der Waals surface area contributed by atoms with Gasteiger partial charge in [-0.1, -0.05) is 11.6 Å². The van der Waals surface area contributed by atoms with Crippen molar-refractivity contribution >= 4 is 23.2 Å². The van der Waals surface area contributed by atoms with Gasteiger partial charge in [0, 0.05) is 17.6 Å². The van der Waals surface area contributed by atoms with E-state index in [1.807, 2.05) is 0 Å². The molecule has 0 radical (unpaired) electrons. The molecule has 1 aliphatic rings. The number of hydrazone groups is 1. The number of rotatable bonds is 6. The maximum absolute atomic E-state index is 13.2. The second-order valence-electron chi connectivity index (χ2n) is 6.29. The van der Waals surface area contributed by atoms with Crippen LogP contribution >= 0.6 is 11.6 Å². The molecule has 1 aromatic heterocycles. The number of aromatic nitrogens is 2. The lowest BCUT2D eigenvalue weighted by atomic mass is 10.1. The van der Waals surface area contributed by atoms with Crippen LogP contribution in [0.4, 0.5) is 17.6 Å². The summed E-state index contributed by atoms with van der Waals surface area (Å²) in [5.41, 5.74) is -3.76. The zero-order chi connectivity index (χ0) is 21.3. The largest absolute Gasteiger partial charge is 0.471 e. The topological polar surface area (TPSA) is 80.0 Å². The highest BCUT2D eigenvalue weighted by molar-refractivity contribution is 6.31. The van der Waals surface area contributed by atoms with Crippen LogP contribution in [0.5, 0.6) is 5.75 Å². The van der Waals surface area contributed by atoms with E-state index in [2.05, 4.69) is 10.2 Å². The summed E-state index contributed by atoms with van der Waals surface area (Å²) in [4.78, 5) is 12.5. The van der Waals surface area contributed by atoms with Crippen molar-refractivity contribution in [1.29, 1.82) is 0 Å². The van der Waals surface area contributed by atoms with Crippen LogP contribution in [0.2, 0.25) is 5.02 Å². The lowest BCUT2D eigenvalue weighted by molar-refractivity contribution is -0.164. The van der Waals surface area contributed by atoms with Gasteiger partial charge in [0.25, 0.3) is 18.8 Å². The van der Waals surface area contributed by atoms with Crippen LogP contribution in [-0.4, -0.2) is 50.1 Å². The van der Waals surface area contributed by atoms with Crippen molar-refractivity contribution < 1.29 is 32.2 Å². The third-order valence-corrected chi connectivity index (χ3v) is 4.61. The van der Waals surface area contributed by atoms with E-state index < -0.39 is 36.6 Å². The van der Waals surface area contributed by atoms with E-state index >= 15 is 0 Å². The van der Waals surface area contributed by atoms with Gasteiger partial charge in [-0.2, -0.15) is 15.2 Å². The molecule has 1 aliphatic heterocycles. The van der Waals surface area contributed by atoms with E-state index in [4.69, 9.17) is 16.3 Å². The number of hydrogen-bond donors (Lipinski definition) is 1. The summed E-state index contributed by atoms with van der Waals surface area (Å²) in [5, 5.41) is 17.6. The van der Waals surface area contributed by atoms with E-state index in [9.17, 15) is 27.5 Å². The van der Waals surface area contributed by atoms with E-state index in [0.717, 1.165) is 5.56 Å². The first-order chi connectivity index (χ1) is 13.6. The number of amides is 1. The Bertz CT molecular complexity index is 953. The van der Waals surface area contributed by atoms with Gasteiger partial charge in [-0.3, -0.25) is 4.79 Å². The highest BCUT2D eigenvalue weighted by atomic mass is 35.5. The van der Waals surface area contributed by atoms with Gasteiger partial charge < -0.3 is 9.84 Å². The number of aryl methyl sites for hydroxylation is 1. The molecule has 0 saturated carbocycles. The molecule has 0 saturated heterocycles. The molecule has 1 unspecified atom stereocenters. The van der Waals surface area contributed by atoms with E-state index in [1.54, 1.807) is 25.1 Å². The molecule has 1 N–H and O–H groups in total. The minimum atomic E-state index is -3.51. The molecule has 12 heteroatoms. The Hall–Kier alpha value is -2.66. The van der Waals surface area contributed by atoms with Crippen molar-refractivity contribution in [2.24, 2.45) is 5.10 Å². The molecule has 156 valence electrons. The standard InChI is InChI=1S/C17H15ClF4N4O3/c1-9-6-10(2-3-11(9)18)29-8-25-5-4-12(23-25)15(27)26-17(28,16(21)22)7-13(24-26)14(19)20/h2-6,14,16,28H,7-8H2,1H3. The Labute approximate surface area is 167 Å². The minimum Gasteiger partial charge on any atom is -0.471 e. The molecule has 2 aromatic rings. The van der Waals surface area contributed by atoms with Gasteiger partial charge in [0.2, 0.25) is 5.72 Å². The number of ether oxygens (including phenoxy) is 1. The van der Waals surface area contributed by atoms with E-state index in [1.165, 1.54) is 16.9 Å². The third-order valence-electron chi connectivity index (χ3n) is 4.18. The van der Waals surface area contributed by atoms with Gasteiger partial charge in [-0.05, 0) is 36.8 Å². The Morgan fingerprint density at radius 3 is 2.69 bits per heavy atom. The molecule has 0 spiro atoms. The van der Waals surface area contributed by atoms with Crippen molar-refractivity contribution in [1.82, 2.24) is 14.8 Å². The van der Waals surface area contributed by atoms with E-state index in [0.29, 0.717) is 10.8 Å². The van der Waals surface area contributed by atoms with Gasteiger partial charge in [-0.25, -0.2) is 22.2 Å². The second-order valence-corrected chi connectivity index (χ2v) is 6.70. The average Bonchev–Trinajstić information content (AvgIpc) is 3.28. The molecular formula is C17H15ClF4N4O3. The summed E-state index contributed by atoms with van der Waals surface area (Å²) >= 11 is 5.93. The van der Waals surface area contributed by atoms with Crippen LogP contribution in [0.25, 0.3) is 0 Å². The minimum absolute atomic E-state index is 0.0464. The lowest BCUT2D eigenvalue weighted by Gasteiger charge is -2.29. The van der Waals surface area contributed by atoms with Crippen molar-refractivity contribution in [3.63, 3.8) is 0 Å². The van der Waals surface area contributed by atoms with Crippen molar-refractivity contribution in [2.45, 2.75) is 38.7 Å². The summed E-state index contributed by atoms with van der Waals surface area (Å²) in [6, 6.07) is 6.12. The summed E-state index contributed by atoms with van der Waals surface area (Å²) in [6.07, 6.45) is -6.53. The Morgan fingerprint density at radius 1 is 1.34 bits per heavy atom. The molecule has 3 rings (SSSR count). The maximum atomic E-state index is 13.2. The highest BCUT2D eigenvalue weighted by Gasteiger charge is 2.53. The number of benzene rings is 1. The quantitative estimate of drug-likeness (QED) is 0.707. The number of halogens is 5. The van der Waals surface area contributed by atoms with Crippen LogP contribution in [0.15, 0.2) is 35.6 Å². The number of alkyl halides is 4. The molecule has 1 atom stereocenters. The summed E-state index contributed by atoms with van der Waals surface area (Å²) < 4.78 is 58.8. The summed E-state index contributed by atoms with van der Waals surface area (Å²) in [7, 11) is 0. The van der Waals surface area contributed by atoms with Gasteiger partial charge in [-0.15, -0.1) is 0 Å². The second kappa shape index (κ2) is 7.99. The van der Waals surface area contributed by atoms with Crippen LogP contribution in [0.3, 0.4) is 0 Å². The number of aliphatic hydroxyl groups is 1. The highest BCUT2D eigenvalue weighted by Crippen LogP contribution is 2.34. The lowest BCUT2D eigenvalue weighted by Crippen LogP contribution is -2.51. The van der Waals surface area contributed by atoms with Crippen molar-refractivity contribution in [2.75, 3.05) is 0 Å². The van der Waals surface area contributed by atoms with Crippen molar-refractivity contribution in [3.05, 3.63) is 46.7 Å². The van der Waals surface area contributed by atoms with Crippen LogP contribution in [-0.2, 0) is 6.73 Å². The fourth-order valence-corrected chi connectivity index (χ4v) is 2.72. The number of nitrogens with zero attached hydrogens (tertiary/aromatic N) is 4. The maximum Gasteiger partial charge on any atom is 0.297 e. The van der Waals surface area contributed by atoms with Gasteiger partial charge in [0.1, 0.15) is 11.5 Å². The third kappa shape index (κ3) is 4.20. The smallest absolute Gasteiger partial charge is 0.297 e. The van der Waals surface area contributed by atoms with Gasteiger partial charge in [0.15, 0.2) is 12.4 Å². The molecule has 0 bridgehead atoms. The Balaban J connectivity index is 1.74. The molecular weight excluding hydrogens is 420 g/mol. The zero-order valence-electron chi connectivity index (χ0n) is 14.9. The zero-order valence-corrected chi connectivity index (χ0v) is 15.7. The molecule has 0 aliphatic carbocycles. The number of hydrogen-bond acceptors (Lipinski definition) is 5. The first kappa shape index (κ1) is 21.1. The predicted octanol–water partition coefficient (Wildman–Crippen LogP) is 3.30. The average molecular weight is 435 g/mol. The SMILES string of the molecule is Cc1cc(OCn2ccc(C(=O)N3N=C(C(F)F)CC3(O)C(F)F)n2)ccc1Cl. The fourth-order valence-electron chi connectivity index (χ4n) is 2.61. The van der Waals surface area contributed by atoms with Crippen LogP contribution in [0.1, 0.15) is 22.5 Å². The molecule has 7 nitrogen and oxygen atoms in total. The molecule has 0 fully saturated rings. The first-order valence-electron chi connectivity index (χ1n) is 8.25. The fraction of sp³-hybridized carbons (Fsp3) is 0.353. The predicted molar refractivity (Wildman–Crippen MR) is 94.2 cm³/mol. The summed E-state index contributed by atoms with van der Waals surface area (Å²) in [6.45, 7) is 1.66. The normalized spacial score (nSPS) is 19.2. The monoisotopic (exact) mass is 434 g/mol. The van der Waals surface area contributed by atoms with Crippen molar-refractivity contribution in [3.8, 4) is 5.75 Å². The number of carbonyl (C=O) groups excluding carboxylic acids is 1. The molecule has 1 aromatic carbocycles. The Kier molecular flexibility index (Phi) is 5.80. The van der Waals surface area contributed by atoms with Gasteiger partial charge >= 0.3 is 0 Å². The van der Waals surface area contributed by atoms with Gasteiger partial charge in [0.05, 0.1) is 0 Å². The van der Waals surface area contributed by atoms with E-state index in [-0.39, 0.29) is 17.4 Å². The molecule has 1 amide bonds. The van der Waals surface area contributed by atoms with Crippen LogP contribution in [0, 0.1) is 6.92 Å². The Morgan fingerprint density at radius 2 is 2.07 bits per heavy atom. The first-order valence-corrected chi connectivity index (χ1v) is 8.62. The molecule has 29 heavy (non-hydrogen) atoms.